The zero-order valence-corrected chi connectivity index (χ0v) is 9.47. The number of carbonyl (C=O) groups is 1. The van der Waals surface area contributed by atoms with Crippen molar-refractivity contribution in [2.75, 3.05) is 0 Å². The topological polar surface area (TPSA) is 68.0 Å². The second-order valence-electron chi connectivity index (χ2n) is 3.26. The van der Waals surface area contributed by atoms with Crippen LogP contribution in [-0.4, -0.2) is 21.9 Å². The van der Waals surface area contributed by atoms with Crippen molar-refractivity contribution in [1.82, 2.24) is 10.3 Å². The number of carbonyl (C=O) groups excluding carboxylic acids is 1. The van der Waals surface area contributed by atoms with Crippen LogP contribution >= 0.6 is 12.2 Å². The summed E-state index contributed by atoms with van der Waals surface area (Å²) in [5.74, 6) is -0.265. The van der Waals surface area contributed by atoms with Crippen LogP contribution < -0.4 is 11.1 Å². The van der Waals surface area contributed by atoms with Gasteiger partial charge in [0, 0.05) is 5.69 Å². The molecule has 0 saturated carbocycles. The minimum absolute atomic E-state index is 0.260. The summed E-state index contributed by atoms with van der Waals surface area (Å²) in [4.78, 5) is 16.0. The molecule has 0 fully saturated rings. The lowest BCUT2D eigenvalue weighted by Gasteiger charge is -2.11. The summed E-state index contributed by atoms with van der Waals surface area (Å²) in [5, 5.41) is 2.66. The summed E-state index contributed by atoms with van der Waals surface area (Å²) in [6.07, 6.45) is 0. The second-order valence-corrected chi connectivity index (χ2v) is 3.73. The highest BCUT2D eigenvalue weighted by atomic mass is 32.1. The lowest BCUT2D eigenvalue weighted by atomic mass is 10.2. The molecule has 0 aliphatic rings. The Morgan fingerprint density at radius 1 is 1.60 bits per heavy atom. The first-order valence-corrected chi connectivity index (χ1v) is 4.95. The Morgan fingerprint density at radius 2 is 2.27 bits per heavy atom. The van der Waals surface area contributed by atoms with Gasteiger partial charge in [-0.2, -0.15) is 0 Å². The fourth-order valence-electron chi connectivity index (χ4n) is 1.01. The van der Waals surface area contributed by atoms with Gasteiger partial charge in [0.15, 0.2) is 0 Å². The average Bonchev–Trinajstić information content (AvgIpc) is 2.17. The second kappa shape index (κ2) is 4.84. The molecule has 1 unspecified atom stereocenters. The first kappa shape index (κ1) is 11.6. The van der Waals surface area contributed by atoms with Crippen LogP contribution in [0, 0.1) is 6.92 Å². The van der Waals surface area contributed by atoms with E-state index in [1.54, 1.807) is 19.1 Å². The van der Waals surface area contributed by atoms with Crippen molar-refractivity contribution < 1.29 is 4.79 Å². The number of nitrogens with one attached hydrogen (secondary N) is 1. The number of aryl methyl sites for hydroxylation is 1. The van der Waals surface area contributed by atoms with Gasteiger partial charge in [-0.25, -0.2) is 4.98 Å². The Labute approximate surface area is 93.9 Å². The Hall–Kier alpha value is -1.49. The van der Waals surface area contributed by atoms with Gasteiger partial charge in [0.2, 0.25) is 0 Å². The van der Waals surface area contributed by atoms with Crippen molar-refractivity contribution in [3.8, 4) is 0 Å². The molecule has 0 bridgehead atoms. The molecule has 0 aromatic carbocycles. The molecular weight excluding hydrogens is 210 g/mol. The first-order chi connectivity index (χ1) is 7.00. The van der Waals surface area contributed by atoms with Gasteiger partial charge in [-0.05, 0) is 26.0 Å². The molecule has 1 aromatic rings. The van der Waals surface area contributed by atoms with Crippen molar-refractivity contribution in [1.29, 1.82) is 0 Å². The van der Waals surface area contributed by atoms with E-state index < -0.39 is 0 Å². The van der Waals surface area contributed by atoms with Gasteiger partial charge in [0.1, 0.15) is 5.69 Å². The summed E-state index contributed by atoms with van der Waals surface area (Å²) in [5.41, 5.74) is 6.56. The number of pyridine rings is 1. The number of hydrogen-bond acceptors (Lipinski definition) is 3. The number of aromatic nitrogens is 1. The van der Waals surface area contributed by atoms with Crippen LogP contribution in [0.3, 0.4) is 0 Å². The molecule has 0 aliphatic carbocycles. The van der Waals surface area contributed by atoms with Crippen LogP contribution in [0.4, 0.5) is 0 Å². The number of nitrogens with two attached hydrogens (primary N) is 1. The minimum Gasteiger partial charge on any atom is -0.392 e. The third-order valence-corrected chi connectivity index (χ3v) is 2.25. The lowest BCUT2D eigenvalue weighted by Crippen LogP contribution is -2.41. The molecule has 1 rings (SSSR count). The van der Waals surface area contributed by atoms with E-state index in [0.29, 0.717) is 5.69 Å². The van der Waals surface area contributed by atoms with Gasteiger partial charge in [0.25, 0.3) is 5.91 Å². The molecule has 4 nitrogen and oxygen atoms in total. The predicted molar refractivity (Wildman–Crippen MR) is 62.7 cm³/mol. The fraction of sp³-hybridized carbons (Fsp3) is 0.300. The smallest absolute Gasteiger partial charge is 0.270 e. The van der Waals surface area contributed by atoms with Crippen molar-refractivity contribution in [3.05, 3.63) is 29.6 Å². The molecule has 0 aliphatic heterocycles. The van der Waals surface area contributed by atoms with E-state index in [9.17, 15) is 4.79 Å². The molecule has 1 aromatic heterocycles. The number of rotatable bonds is 3. The summed E-state index contributed by atoms with van der Waals surface area (Å²) in [6.45, 7) is 3.56. The maximum absolute atomic E-state index is 11.6. The van der Waals surface area contributed by atoms with E-state index in [1.165, 1.54) is 0 Å². The van der Waals surface area contributed by atoms with Gasteiger partial charge in [0.05, 0.1) is 11.0 Å². The molecule has 80 valence electrons. The predicted octanol–water partition coefficient (Wildman–Crippen LogP) is 0.794. The SMILES string of the molecule is Cc1cccc(C(=O)NC(C)C(N)=S)n1. The van der Waals surface area contributed by atoms with Crippen LogP contribution in [0.5, 0.6) is 0 Å². The third-order valence-electron chi connectivity index (χ3n) is 1.90. The van der Waals surface area contributed by atoms with E-state index in [4.69, 9.17) is 18.0 Å². The molecule has 15 heavy (non-hydrogen) atoms. The molecule has 0 spiro atoms. The molecule has 0 saturated heterocycles. The summed E-state index contributed by atoms with van der Waals surface area (Å²) >= 11 is 4.75. The van der Waals surface area contributed by atoms with Crippen LogP contribution in [0.1, 0.15) is 23.1 Å². The molecule has 1 heterocycles. The summed E-state index contributed by atoms with van der Waals surface area (Å²) < 4.78 is 0. The number of nitrogens with zero attached hydrogens (tertiary/aromatic N) is 1. The zero-order valence-electron chi connectivity index (χ0n) is 8.65. The summed E-state index contributed by atoms with van der Waals surface area (Å²) in [6, 6.07) is 4.93. The number of thiocarbonyl (C=S) groups is 1. The number of hydrogen-bond donors (Lipinski definition) is 2. The molecule has 3 N–H and O–H groups in total. The van der Waals surface area contributed by atoms with Gasteiger partial charge < -0.3 is 11.1 Å². The van der Waals surface area contributed by atoms with Gasteiger partial charge in [-0.3, -0.25) is 4.79 Å². The third kappa shape index (κ3) is 3.28. The zero-order chi connectivity index (χ0) is 11.4. The van der Waals surface area contributed by atoms with Crippen molar-refractivity contribution >= 4 is 23.1 Å². The lowest BCUT2D eigenvalue weighted by molar-refractivity contribution is 0.0944. The average molecular weight is 223 g/mol. The normalized spacial score (nSPS) is 11.9. The monoisotopic (exact) mass is 223 g/mol. The quantitative estimate of drug-likeness (QED) is 0.744. The molecule has 1 atom stereocenters. The largest absolute Gasteiger partial charge is 0.392 e. The van der Waals surface area contributed by atoms with E-state index >= 15 is 0 Å². The Morgan fingerprint density at radius 3 is 2.80 bits per heavy atom. The van der Waals surface area contributed by atoms with E-state index in [0.717, 1.165) is 5.69 Å². The van der Waals surface area contributed by atoms with Crippen LogP contribution in [0.15, 0.2) is 18.2 Å². The molecular formula is C10H13N3OS. The van der Waals surface area contributed by atoms with Gasteiger partial charge in [-0.15, -0.1) is 0 Å². The van der Waals surface area contributed by atoms with Crippen molar-refractivity contribution in [2.24, 2.45) is 5.73 Å². The number of amides is 1. The Balaban J connectivity index is 2.73. The maximum atomic E-state index is 11.6. The van der Waals surface area contributed by atoms with E-state index in [2.05, 4.69) is 10.3 Å². The van der Waals surface area contributed by atoms with Crippen LogP contribution in [0.25, 0.3) is 0 Å². The fourth-order valence-corrected chi connectivity index (χ4v) is 1.07. The van der Waals surface area contributed by atoms with Crippen LogP contribution in [-0.2, 0) is 0 Å². The van der Waals surface area contributed by atoms with Gasteiger partial charge >= 0.3 is 0 Å². The highest BCUT2D eigenvalue weighted by molar-refractivity contribution is 7.80. The van der Waals surface area contributed by atoms with Gasteiger partial charge in [-0.1, -0.05) is 18.3 Å². The highest BCUT2D eigenvalue weighted by Gasteiger charge is 2.12. The molecule has 1 amide bonds. The molecule has 0 radical (unpaired) electrons. The van der Waals surface area contributed by atoms with E-state index in [1.807, 2.05) is 13.0 Å². The van der Waals surface area contributed by atoms with Crippen molar-refractivity contribution in [2.45, 2.75) is 19.9 Å². The van der Waals surface area contributed by atoms with Crippen molar-refractivity contribution in [3.63, 3.8) is 0 Å². The standard InChI is InChI=1S/C10H13N3OS/c1-6-4-3-5-8(12-6)10(14)13-7(2)9(11)15/h3-5,7H,1-2H3,(H2,11,15)(H,13,14). The molecule has 5 heteroatoms. The first-order valence-electron chi connectivity index (χ1n) is 4.54. The van der Waals surface area contributed by atoms with E-state index in [-0.39, 0.29) is 16.9 Å². The maximum Gasteiger partial charge on any atom is 0.270 e. The minimum atomic E-state index is -0.324. The Bertz CT molecular complexity index is 392. The Kier molecular flexibility index (Phi) is 3.74. The highest BCUT2D eigenvalue weighted by Crippen LogP contribution is 1.98. The summed E-state index contributed by atoms with van der Waals surface area (Å²) in [7, 11) is 0. The van der Waals surface area contributed by atoms with Crippen LogP contribution in [0.2, 0.25) is 0 Å².